The monoisotopic (exact) mass is 414 g/mol. The summed E-state index contributed by atoms with van der Waals surface area (Å²) < 4.78 is 55.0. The van der Waals surface area contributed by atoms with E-state index in [1.165, 1.54) is 28.9 Å². The van der Waals surface area contributed by atoms with Crippen LogP contribution in [0.5, 0.6) is 0 Å². The molecule has 0 fully saturated rings. The molecular formula is C20H19ClF4N2O. The van der Waals surface area contributed by atoms with Gasteiger partial charge in [0.25, 0.3) is 0 Å². The Morgan fingerprint density at radius 2 is 1.82 bits per heavy atom. The van der Waals surface area contributed by atoms with Crippen LogP contribution in [-0.4, -0.2) is 21.5 Å². The lowest BCUT2D eigenvalue weighted by Crippen LogP contribution is -2.07. The van der Waals surface area contributed by atoms with Gasteiger partial charge in [-0.1, -0.05) is 30.2 Å². The highest BCUT2D eigenvalue weighted by Crippen LogP contribution is 2.33. The molecule has 0 radical (unpaired) electrons. The summed E-state index contributed by atoms with van der Waals surface area (Å²) in [6.07, 6.45) is -1.71. The molecule has 0 spiro atoms. The highest BCUT2D eigenvalue weighted by Gasteiger charge is 2.31. The van der Waals surface area contributed by atoms with Crippen molar-refractivity contribution in [3.63, 3.8) is 0 Å². The molecule has 0 aliphatic heterocycles. The average Bonchev–Trinajstić information content (AvgIpc) is 2.97. The Morgan fingerprint density at radius 3 is 2.50 bits per heavy atom. The minimum absolute atomic E-state index is 0.00253. The summed E-state index contributed by atoms with van der Waals surface area (Å²) in [6, 6.07) is 7.70. The molecule has 28 heavy (non-hydrogen) atoms. The van der Waals surface area contributed by atoms with Gasteiger partial charge in [-0.2, -0.15) is 18.3 Å². The van der Waals surface area contributed by atoms with Crippen LogP contribution in [0.25, 0.3) is 10.9 Å². The zero-order valence-electron chi connectivity index (χ0n) is 14.9. The number of hydrogen-bond acceptors (Lipinski definition) is 2. The van der Waals surface area contributed by atoms with E-state index >= 15 is 0 Å². The molecule has 0 aliphatic carbocycles. The Hall–Kier alpha value is -2.12. The zero-order valence-corrected chi connectivity index (χ0v) is 15.7. The number of fused-ring (bicyclic) bond motifs is 1. The van der Waals surface area contributed by atoms with Gasteiger partial charge in [0.05, 0.1) is 23.3 Å². The van der Waals surface area contributed by atoms with Crippen molar-refractivity contribution in [3.8, 4) is 0 Å². The first-order chi connectivity index (χ1) is 13.3. The predicted octanol–water partition coefficient (Wildman–Crippen LogP) is 5.60. The van der Waals surface area contributed by atoms with Crippen molar-refractivity contribution in [2.45, 2.75) is 38.4 Å². The van der Waals surface area contributed by atoms with Crippen LogP contribution in [0.15, 0.2) is 36.4 Å². The number of aliphatic hydroxyl groups excluding tert-OH is 1. The Morgan fingerprint density at radius 1 is 1.04 bits per heavy atom. The van der Waals surface area contributed by atoms with Crippen molar-refractivity contribution in [2.24, 2.45) is 0 Å². The average molecular weight is 415 g/mol. The Kier molecular flexibility index (Phi) is 6.25. The zero-order chi connectivity index (χ0) is 20.3. The molecule has 3 rings (SSSR count). The molecule has 0 saturated heterocycles. The molecule has 0 aliphatic rings. The molecule has 0 amide bonds. The minimum Gasteiger partial charge on any atom is -0.396 e. The third kappa shape index (κ3) is 4.64. The third-order valence-electron chi connectivity index (χ3n) is 4.56. The lowest BCUT2D eigenvalue weighted by atomic mass is 10.1. The van der Waals surface area contributed by atoms with Gasteiger partial charge in [-0.15, -0.1) is 0 Å². The number of unbranched alkanes of at least 4 members (excludes halogenated alkanes) is 2. The SMILES string of the molecule is OCCCCCc1nn(Cc2ccc(Cl)cc2F)c2cc(C(F)(F)F)ccc12. The van der Waals surface area contributed by atoms with Crippen LogP contribution in [0.1, 0.15) is 36.1 Å². The van der Waals surface area contributed by atoms with Crippen molar-refractivity contribution in [1.82, 2.24) is 9.78 Å². The number of hydrogen-bond donors (Lipinski definition) is 1. The lowest BCUT2D eigenvalue weighted by molar-refractivity contribution is -0.137. The molecule has 3 aromatic rings. The maximum Gasteiger partial charge on any atom is 0.416 e. The molecule has 3 nitrogen and oxygen atoms in total. The fourth-order valence-corrected chi connectivity index (χ4v) is 3.28. The molecular weight excluding hydrogens is 396 g/mol. The molecule has 0 saturated carbocycles. The van der Waals surface area contributed by atoms with E-state index in [1.807, 2.05) is 0 Å². The number of rotatable bonds is 7. The van der Waals surface area contributed by atoms with Gasteiger partial charge in [-0.25, -0.2) is 4.39 Å². The smallest absolute Gasteiger partial charge is 0.396 e. The predicted molar refractivity (Wildman–Crippen MR) is 99.9 cm³/mol. The summed E-state index contributed by atoms with van der Waals surface area (Å²) >= 11 is 5.77. The Labute approximate surface area is 164 Å². The normalized spacial score (nSPS) is 12.1. The number of nitrogens with zero attached hydrogens (tertiary/aromatic N) is 2. The van der Waals surface area contributed by atoms with Crippen LogP contribution in [0.4, 0.5) is 17.6 Å². The van der Waals surface area contributed by atoms with E-state index in [2.05, 4.69) is 5.10 Å². The molecule has 0 unspecified atom stereocenters. The number of benzene rings is 2. The summed E-state index contributed by atoms with van der Waals surface area (Å²) in [5.41, 5.74) is 0.486. The van der Waals surface area contributed by atoms with Gasteiger partial charge in [-0.3, -0.25) is 4.68 Å². The molecule has 8 heteroatoms. The summed E-state index contributed by atoms with van der Waals surface area (Å²) in [6.45, 7) is 0.0947. The van der Waals surface area contributed by atoms with Crippen LogP contribution in [0.3, 0.4) is 0 Å². The fraction of sp³-hybridized carbons (Fsp3) is 0.350. The van der Waals surface area contributed by atoms with E-state index < -0.39 is 17.6 Å². The van der Waals surface area contributed by atoms with E-state index in [-0.39, 0.29) is 23.7 Å². The van der Waals surface area contributed by atoms with E-state index in [1.54, 1.807) is 0 Å². The standard InChI is InChI=1S/C20H19ClF4N2O/c21-15-7-5-13(17(22)11-15)12-27-19-10-14(20(23,24)25)6-8-16(19)18(26-27)4-2-1-3-9-28/h5-8,10-11,28H,1-4,9,12H2. The molecule has 1 N–H and O–H groups in total. The number of aryl methyl sites for hydroxylation is 1. The first-order valence-electron chi connectivity index (χ1n) is 8.91. The highest BCUT2D eigenvalue weighted by molar-refractivity contribution is 6.30. The van der Waals surface area contributed by atoms with E-state index in [0.29, 0.717) is 29.4 Å². The fourth-order valence-electron chi connectivity index (χ4n) is 3.12. The minimum atomic E-state index is -4.48. The number of aromatic nitrogens is 2. The summed E-state index contributed by atoms with van der Waals surface area (Å²) in [4.78, 5) is 0. The summed E-state index contributed by atoms with van der Waals surface area (Å²) in [5, 5.41) is 14.2. The van der Waals surface area contributed by atoms with Gasteiger partial charge >= 0.3 is 6.18 Å². The van der Waals surface area contributed by atoms with E-state index in [0.717, 1.165) is 25.0 Å². The van der Waals surface area contributed by atoms with Crippen LogP contribution >= 0.6 is 11.6 Å². The lowest BCUT2D eigenvalue weighted by Gasteiger charge is -2.09. The van der Waals surface area contributed by atoms with Gasteiger partial charge in [0.1, 0.15) is 5.82 Å². The van der Waals surface area contributed by atoms with Crippen LogP contribution < -0.4 is 0 Å². The summed E-state index contributed by atoms with van der Waals surface area (Å²) in [7, 11) is 0. The van der Waals surface area contributed by atoms with Gasteiger partial charge < -0.3 is 5.11 Å². The molecule has 150 valence electrons. The highest BCUT2D eigenvalue weighted by atomic mass is 35.5. The van der Waals surface area contributed by atoms with E-state index in [9.17, 15) is 17.6 Å². The molecule has 0 bridgehead atoms. The van der Waals surface area contributed by atoms with Crippen LogP contribution in [-0.2, 0) is 19.1 Å². The molecule has 1 heterocycles. The van der Waals surface area contributed by atoms with Crippen molar-refractivity contribution in [1.29, 1.82) is 0 Å². The largest absolute Gasteiger partial charge is 0.416 e. The van der Waals surface area contributed by atoms with Gasteiger partial charge in [0, 0.05) is 22.6 Å². The van der Waals surface area contributed by atoms with Gasteiger partial charge in [-0.05, 0) is 43.5 Å². The van der Waals surface area contributed by atoms with Crippen molar-refractivity contribution < 1.29 is 22.7 Å². The quantitative estimate of drug-likeness (QED) is 0.403. The van der Waals surface area contributed by atoms with Crippen molar-refractivity contribution in [2.75, 3.05) is 6.61 Å². The topological polar surface area (TPSA) is 38.1 Å². The number of halogens is 5. The first kappa shape index (κ1) is 20.6. The Bertz CT molecular complexity index is 969. The second kappa shape index (κ2) is 8.49. The van der Waals surface area contributed by atoms with Crippen molar-refractivity contribution in [3.05, 3.63) is 64.1 Å². The number of aliphatic hydroxyl groups is 1. The van der Waals surface area contributed by atoms with Crippen molar-refractivity contribution >= 4 is 22.5 Å². The second-order valence-electron chi connectivity index (χ2n) is 6.60. The second-order valence-corrected chi connectivity index (χ2v) is 7.04. The maximum atomic E-state index is 14.2. The first-order valence-corrected chi connectivity index (χ1v) is 9.29. The van der Waals surface area contributed by atoms with E-state index in [4.69, 9.17) is 16.7 Å². The molecule has 0 atom stereocenters. The molecule has 1 aromatic heterocycles. The summed E-state index contributed by atoms with van der Waals surface area (Å²) in [5.74, 6) is -0.535. The molecule has 2 aromatic carbocycles. The number of alkyl halides is 3. The van der Waals surface area contributed by atoms with Gasteiger partial charge in [0.15, 0.2) is 0 Å². The Balaban J connectivity index is 2.00. The maximum absolute atomic E-state index is 14.2. The van der Waals surface area contributed by atoms with Crippen LogP contribution in [0.2, 0.25) is 5.02 Å². The third-order valence-corrected chi connectivity index (χ3v) is 4.80. The van der Waals surface area contributed by atoms with Crippen LogP contribution in [0, 0.1) is 5.82 Å². The van der Waals surface area contributed by atoms with Gasteiger partial charge in [0.2, 0.25) is 0 Å².